The molecule has 1 N–H and O–H groups in total. The molecule has 1 saturated carbocycles. The molecule has 6 heteroatoms. The van der Waals surface area contributed by atoms with Crippen molar-refractivity contribution in [3.63, 3.8) is 0 Å². The lowest BCUT2D eigenvalue weighted by Gasteiger charge is -2.32. The first-order chi connectivity index (χ1) is 9.65. The van der Waals surface area contributed by atoms with Crippen molar-refractivity contribution in [2.75, 3.05) is 12.3 Å². The lowest BCUT2D eigenvalue weighted by molar-refractivity contribution is -0.151. The fraction of sp³-hybridized carbons (Fsp3) is 0.933. The molecule has 21 heavy (non-hydrogen) atoms. The van der Waals surface area contributed by atoms with E-state index in [1.54, 1.807) is 20.8 Å². The number of esters is 1. The van der Waals surface area contributed by atoms with E-state index in [1.165, 1.54) is 0 Å². The van der Waals surface area contributed by atoms with E-state index < -0.39 is 32.4 Å². The van der Waals surface area contributed by atoms with Gasteiger partial charge in [-0.05, 0) is 46.6 Å². The zero-order chi connectivity index (χ0) is 16.1. The molecule has 2 atom stereocenters. The Labute approximate surface area is 128 Å². The van der Waals surface area contributed by atoms with E-state index in [2.05, 4.69) is 12.2 Å². The summed E-state index contributed by atoms with van der Waals surface area (Å²) < 4.78 is 30.2. The Morgan fingerprint density at radius 1 is 1.24 bits per heavy atom. The molecular formula is C15H29NO4S. The van der Waals surface area contributed by atoms with E-state index in [1.807, 2.05) is 0 Å². The van der Waals surface area contributed by atoms with Crippen LogP contribution in [0.1, 0.15) is 59.8 Å². The highest BCUT2D eigenvalue weighted by atomic mass is 32.2. The number of ether oxygens (including phenoxy) is 1. The van der Waals surface area contributed by atoms with Crippen LogP contribution in [0.3, 0.4) is 0 Å². The van der Waals surface area contributed by atoms with Crippen molar-refractivity contribution < 1.29 is 17.9 Å². The number of carbonyl (C=O) groups is 1. The van der Waals surface area contributed by atoms with Crippen LogP contribution in [-0.2, 0) is 19.4 Å². The Morgan fingerprint density at radius 2 is 1.86 bits per heavy atom. The smallest absolute Gasteiger partial charge is 0.321 e. The van der Waals surface area contributed by atoms with E-state index in [0.717, 1.165) is 32.2 Å². The molecule has 0 saturated heterocycles. The molecule has 0 bridgehead atoms. The second kappa shape index (κ2) is 7.58. The summed E-state index contributed by atoms with van der Waals surface area (Å²) in [4.78, 5) is 11.8. The van der Waals surface area contributed by atoms with Gasteiger partial charge in [-0.15, -0.1) is 0 Å². The third kappa shape index (κ3) is 6.34. The predicted molar refractivity (Wildman–Crippen MR) is 84.0 cm³/mol. The highest BCUT2D eigenvalue weighted by Gasteiger charge is 2.37. The first-order valence-electron chi connectivity index (χ1n) is 7.82. The molecule has 0 amide bonds. The van der Waals surface area contributed by atoms with Crippen LogP contribution in [0.15, 0.2) is 0 Å². The molecule has 0 spiro atoms. The summed E-state index contributed by atoms with van der Waals surface area (Å²) in [5.74, 6) is -1.17. The topological polar surface area (TPSA) is 72.5 Å². The SMILES string of the molecule is CCCNC1CCCCC1S(=O)(=O)CC(=O)OC(C)(C)C. The average Bonchev–Trinajstić information content (AvgIpc) is 2.33. The van der Waals surface area contributed by atoms with E-state index in [0.29, 0.717) is 6.42 Å². The van der Waals surface area contributed by atoms with Gasteiger partial charge in [0.1, 0.15) is 11.4 Å². The zero-order valence-electron chi connectivity index (χ0n) is 13.6. The van der Waals surface area contributed by atoms with Crippen molar-refractivity contribution in [2.24, 2.45) is 0 Å². The third-order valence-corrected chi connectivity index (χ3v) is 5.68. The number of carbonyl (C=O) groups excluding carboxylic acids is 1. The van der Waals surface area contributed by atoms with Gasteiger partial charge in [0.2, 0.25) is 0 Å². The molecule has 1 rings (SSSR count). The van der Waals surface area contributed by atoms with Crippen molar-refractivity contribution in [3.8, 4) is 0 Å². The molecule has 1 aliphatic rings. The van der Waals surface area contributed by atoms with Gasteiger partial charge in [0.05, 0.1) is 5.25 Å². The molecule has 1 fully saturated rings. The Balaban J connectivity index is 2.72. The number of hydrogen-bond acceptors (Lipinski definition) is 5. The van der Waals surface area contributed by atoms with Crippen LogP contribution >= 0.6 is 0 Å². The van der Waals surface area contributed by atoms with Crippen molar-refractivity contribution in [1.82, 2.24) is 5.32 Å². The standard InChI is InChI=1S/C15H29NO4S/c1-5-10-16-12-8-6-7-9-13(12)21(18,19)11-14(17)20-15(2,3)4/h12-13,16H,5-11H2,1-4H3. The largest absolute Gasteiger partial charge is 0.459 e. The van der Waals surface area contributed by atoms with Crippen LogP contribution in [0, 0.1) is 0 Å². The third-order valence-electron chi connectivity index (χ3n) is 3.56. The number of hydrogen-bond donors (Lipinski definition) is 1. The maximum atomic E-state index is 12.5. The normalized spacial score (nSPS) is 23.8. The highest BCUT2D eigenvalue weighted by molar-refractivity contribution is 7.92. The molecule has 0 aromatic heterocycles. The Hall–Kier alpha value is -0.620. The second-order valence-electron chi connectivity index (χ2n) is 6.78. The summed E-state index contributed by atoms with van der Waals surface area (Å²) in [6, 6.07) is -0.0360. The highest BCUT2D eigenvalue weighted by Crippen LogP contribution is 2.25. The van der Waals surface area contributed by atoms with E-state index >= 15 is 0 Å². The van der Waals surface area contributed by atoms with E-state index in [9.17, 15) is 13.2 Å². The zero-order valence-corrected chi connectivity index (χ0v) is 14.5. The molecule has 1 aliphatic carbocycles. The average molecular weight is 319 g/mol. The fourth-order valence-corrected chi connectivity index (χ4v) is 4.59. The van der Waals surface area contributed by atoms with Gasteiger partial charge in [-0.1, -0.05) is 19.8 Å². The predicted octanol–water partition coefficient (Wildman–Crippen LogP) is 2.05. The maximum absolute atomic E-state index is 12.5. The summed E-state index contributed by atoms with van der Waals surface area (Å²) >= 11 is 0. The fourth-order valence-electron chi connectivity index (χ4n) is 2.73. The summed E-state index contributed by atoms with van der Waals surface area (Å²) in [6.45, 7) is 8.08. The quantitative estimate of drug-likeness (QED) is 0.759. The summed E-state index contributed by atoms with van der Waals surface area (Å²) in [6.07, 6.45) is 4.41. The molecule has 124 valence electrons. The van der Waals surface area contributed by atoms with Gasteiger partial charge < -0.3 is 10.1 Å². The van der Waals surface area contributed by atoms with Crippen LogP contribution in [0.4, 0.5) is 0 Å². The molecule has 0 heterocycles. The van der Waals surface area contributed by atoms with E-state index in [4.69, 9.17) is 4.74 Å². The number of sulfone groups is 1. The molecule has 0 aromatic rings. The van der Waals surface area contributed by atoms with Crippen LogP contribution < -0.4 is 5.32 Å². The van der Waals surface area contributed by atoms with Crippen molar-refractivity contribution in [2.45, 2.75) is 76.7 Å². The van der Waals surface area contributed by atoms with Gasteiger partial charge in [0.25, 0.3) is 0 Å². The van der Waals surface area contributed by atoms with Crippen LogP contribution in [-0.4, -0.2) is 43.6 Å². The lowest BCUT2D eigenvalue weighted by Crippen LogP contribution is -2.48. The summed E-state index contributed by atoms with van der Waals surface area (Å²) in [5.41, 5.74) is -0.654. The summed E-state index contributed by atoms with van der Waals surface area (Å²) in [5, 5.41) is 2.85. The summed E-state index contributed by atoms with van der Waals surface area (Å²) in [7, 11) is -3.47. The van der Waals surface area contributed by atoms with Crippen molar-refractivity contribution in [1.29, 1.82) is 0 Å². The minimum atomic E-state index is -3.47. The molecule has 5 nitrogen and oxygen atoms in total. The minimum absolute atomic E-state index is 0.0360. The van der Waals surface area contributed by atoms with Crippen molar-refractivity contribution >= 4 is 15.8 Å². The Kier molecular flexibility index (Phi) is 6.66. The lowest BCUT2D eigenvalue weighted by atomic mass is 9.95. The number of rotatable bonds is 6. The van der Waals surface area contributed by atoms with Crippen LogP contribution in [0.25, 0.3) is 0 Å². The first kappa shape index (κ1) is 18.4. The van der Waals surface area contributed by atoms with Crippen molar-refractivity contribution in [3.05, 3.63) is 0 Å². The monoisotopic (exact) mass is 319 g/mol. The molecule has 0 radical (unpaired) electrons. The Morgan fingerprint density at radius 3 is 2.43 bits per heavy atom. The van der Waals surface area contributed by atoms with Gasteiger partial charge in [0.15, 0.2) is 9.84 Å². The van der Waals surface area contributed by atoms with Gasteiger partial charge in [-0.3, -0.25) is 4.79 Å². The van der Waals surface area contributed by atoms with Gasteiger partial charge in [-0.2, -0.15) is 0 Å². The molecule has 0 aromatic carbocycles. The molecule has 0 aliphatic heterocycles. The Bertz CT molecular complexity index is 439. The second-order valence-corrected chi connectivity index (χ2v) is 9.00. The van der Waals surface area contributed by atoms with Gasteiger partial charge in [-0.25, -0.2) is 8.42 Å². The van der Waals surface area contributed by atoms with E-state index in [-0.39, 0.29) is 6.04 Å². The molecular weight excluding hydrogens is 290 g/mol. The number of nitrogens with one attached hydrogen (secondary N) is 1. The van der Waals surface area contributed by atoms with Crippen LogP contribution in [0.5, 0.6) is 0 Å². The minimum Gasteiger partial charge on any atom is -0.459 e. The van der Waals surface area contributed by atoms with Gasteiger partial charge >= 0.3 is 5.97 Å². The maximum Gasteiger partial charge on any atom is 0.321 e. The van der Waals surface area contributed by atoms with Gasteiger partial charge in [0, 0.05) is 6.04 Å². The van der Waals surface area contributed by atoms with Crippen LogP contribution in [0.2, 0.25) is 0 Å². The first-order valence-corrected chi connectivity index (χ1v) is 9.54. The molecule has 2 unspecified atom stereocenters.